The first-order valence-electron chi connectivity index (χ1n) is 5.20. The Hall–Kier alpha value is -0.360. The zero-order chi connectivity index (χ0) is 11.8. The van der Waals surface area contributed by atoms with Gasteiger partial charge in [-0.05, 0) is 39.5 Å². The number of halogens is 1. The summed E-state index contributed by atoms with van der Waals surface area (Å²) in [4.78, 5) is 5.58. The Morgan fingerprint density at radius 1 is 1.44 bits per heavy atom. The van der Waals surface area contributed by atoms with E-state index in [0.717, 1.165) is 0 Å². The van der Waals surface area contributed by atoms with E-state index < -0.39 is 0 Å². The molecule has 2 rings (SSSR count). The molecule has 2 nitrogen and oxygen atoms in total. The van der Waals surface area contributed by atoms with E-state index in [4.69, 9.17) is 0 Å². The summed E-state index contributed by atoms with van der Waals surface area (Å²) in [6.07, 6.45) is 5.80. The summed E-state index contributed by atoms with van der Waals surface area (Å²) in [5.74, 6) is 0. The molecule has 86 valence electrons. The van der Waals surface area contributed by atoms with Gasteiger partial charge in [-0.1, -0.05) is 20.8 Å². The van der Waals surface area contributed by atoms with E-state index >= 15 is 0 Å². The van der Waals surface area contributed by atoms with E-state index in [1.54, 1.807) is 0 Å². The van der Waals surface area contributed by atoms with Crippen LogP contribution in [0, 0.1) is 8.99 Å². The molecule has 2 aromatic rings. The molecule has 4 heteroatoms. The molecular formula is C12H15IN2S. The molecule has 1 atom stereocenters. The van der Waals surface area contributed by atoms with Gasteiger partial charge in [-0.15, -0.1) is 11.3 Å². The Morgan fingerprint density at radius 2 is 2.19 bits per heavy atom. The molecule has 0 spiro atoms. The highest BCUT2D eigenvalue weighted by Crippen LogP contribution is 2.40. The number of imidazole rings is 1. The Bertz CT molecular complexity index is 454. The van der Waals surface area contributed by atoms with E-state index in [1.807, 2.05) is 30.1 Å². The Labute approximate surface area is 114 Å². The normalized spacial score (nSPS) is 14.0. The highest BCUT2D eigenvalue weighted by Gasteiger charge is 2.29. The van der Waals surface area contributed by atoms with E-state index in [2.05, 4.69) is 64.4 Å². The van der Waals surface area contributed by atoms with Crippen molar-refractivity contribution in [3.8, 4) is 0 Å². The monoisotopic (exact) mass is 346 g/mol. The topological polar surface area (TPSA) is 17.8 Å². The van der Waals surface area contributed by atoms with Gasteiger partial charge in [0.2, 0.25) is 0 Å². The molecule has 0 N–H and O–H groups in total. The summed E-state index contributed by atoms with van der Waals surface area (Å²) >= 11 is 4.24. The van der Waals surface area contributed by atoms with Crippen LogP contribution in [0.4, 0.5) is 0 Å². The van der Waals surface area contributed by atoms with Crippen molar-refractivity contribution in [2.75, 3.05) is 0 Å². The van der Waals surface area contributed by atoms with E-state index in [0.29, 0.717) is 6.04 Å². The second-order valence-corrected chi connectivity index (χ2v) is 7.02. The molecular weight excluding hydrogens is 331 g/mol. The molecule has 0 saturated carbocycles. The van der Waals surface area contributed by atoms with E-state index in [1.165, 1.54) is 8.45 Å². The lowest BCUT2D eigenvalue weighted by molar-refractivity contribution is 0.286. The number of aromatic nitrogens is 2. The minimum atomic E-state index is 0.186. The van der Waals surface area contributed by atoms with Gasteiger partial charge >= 0.3 is 0 Å². The van der Waals surface area contributed by atoms with Gasteiger partial charge < -0.3 is 4.57 Å². The van der Waals surface area contributed by atoms with Crippen molar-refractivity contribution < 1.29 is 0 Å². The second kappa shape index (κ2) is 4.49. The van der Waals surface area contributed by atoms with Crippen LogP contribution in [0.1, 0.15) is 31.7 Å². The fourth-order valence-electron chi connectivity index (χ4n) is 1.90. The van der Waals surface area contributed by atoms with Gasteiger partial charge in [0.1, 0.15) is 0 Å². The average Bonchev–Trinajstić information content (AvgIpc) is 2.77. The molecule has 1 unspecified atom stereocenters. The Kier molecular flexibility index (Phi) is 3.39. The minimum Gasteiger partial charge on any atom is -0.329 e. The highest BCUT2D eigenvalue weighted by atomic mass is 127. The summed E-state index contributed by atoms with van der Waals surface area (Å²) in [6, 6.07) is 2.54. The average molecular weight is 346 g/mol. The lowest BCUT2D eigenvalue weighted by Gasteiger charge is -2.31. The largest absolute Gasteiger partial charge is 0.329 e. The van der Waals surface area contributed by atoms with Crippen LogP contribution < -0.4 is 0 Å². The quantitative estimate of drug-likeness (QED) is 0.746. The predicted octanol–water partition coefficient (Wildman–Crippen LogP) is 4.18. The molecule has 0 bridgehead atoms. The third-order valence-corrected chi connectivity index (χ3v) is 4.81. The Balaban J connectivity index is 2.49. The van der Waals surface area contributed by atoms with Crippen LogP contribution in [-0.4, -0.2) is 9.55 Å². The van der Waals surface area contributed by atoms with Gasteiger partial charge in [0, 0.05) is 20.8 Å². The van der Waals surface area contributed by atoms with Gasteiger partial charge in [0.15, 0.2) is 0 Å². The van der Waals surface area contributed by atoms with Crippen molar-refractivity contribution in [3.05, 3.63) is 38.6 Å². The van der Waals surface area contributed by atoms with Crippen LogP contribution in [-0.2, 0) is 0 Å². The lowest BCUT2D eigenvalue weighted by Crippen LogP contribution is -2.24. The Morgan fingerprint density at radius 3 is 2.62 bits per heavy atom. The zero-order valence-electron chi connectivity index (χ0n) is 9.64. The van der Waals surface area contributed by atoms with Gasteiger partial charge in [-0.25, -0.2) is 4.98 Å². The fraction of sp³-hybridized carbons (Fsp3) is 0.417. The minimum absolute atomic E-state index is 0.186. The zero-order valence-corrected chi connectivity index (χ0v) is 12.6. The summed E-state index contributed by atoms with van der Waals surface area (Å²) in [6.45, 7) is 6.81. The molecule has 0 radical (unpaired) electrons. The molecule has 0 amide bonds. The van der Waals surface area contributed by atoms with Crippen molar-refractivity contribution in [2.45, 2.75) is 26.8 Å². The van der Waals surface area contributed by atoms with E-state index in [9.17, 15) is 0 Å². The van der Waals surface area contributed by atoms with Crippen LogP contribution in [0.15, 0.2) is 30.2 Å². The maximum absolute atomic E-state index is 4.16. The first-order valence-corrected chi connectivity index (χ1v) is 7.16. The third-order valence-electron chi connectivity index (χ3n) is 2.54. The molecule has 0 aliphatic heterocycles. The molecule has 16 heavy (non-hydrogen) atoms. The van der Waals surface area contributed by atoms with Gasteiger partial charge in [0.05, 0.1) is 12.4 Å². The number of hydrogen-bond donors (Lipinski definition) is 0. The summed E-state index contributed by atoms with van der Waals surface area (Å²) in [5, 5.41) is 2.16. The standard InChI is InChI=1S/C12H15IN2S/c1-12(2,3)11(15-6-5-14-8-15)10-9(13)4-7-16-10/h4-8,11H,1-3H3. The van der Waals surface area contributed by atoms with Gasteiger partial charge in [0.25, 0.3) is 0 Å². The predicted molar refractivity (Wildman–Crippen MR) is 76.9 cm³/mol. The maximum atomic E-state index is 4.16. The first-order chi connectivity index (χ1) is 7.50. The van der Waals surface area contributed by atoms with Crippen molar-refractivity contribution in [2.24, 2.45) is 5.41 Å². The van der Waals surface area contributed by atoms with Crippen LogP contribution in [0.2, 0.25) is 0 Å². The fourth-order valence-corrected chi connectivity index (χ4v) is 4.13. The third kappa shape index (κ3) is 2.32. The van der Waals surface area contributed by atoms with E-state index in [-0.39, 0.29) is 5.41 Å². The number of thiophene rings is 1. The SMILES string of the molecule is CC(C)(C)C(c1sccc1I)n1ccnc1. The van der Waals surface area contributed by atoms with Crippen LogP contribution >= 0.6 is 33.9 Å². The van der Waals surface area contributed by atoms with Crippen LogP contribution in [0.3, 0.4) is 0 Å². The van der Waals surface area contributed by atoms with Crippen LogP contribution in [0.5, 0.6) is 0 Å². The van der Waals surface area contributed by atoms with Crippen molar-refractivity contribution in [1.82, 2.24) is 9.55 Å². The number of nitrogens with zero attached hydrogens (tertiary/aromatic N) is 2. The maximum Gasteiger partial charge on any atom is 0.0952 e. The van der Waals surface area contributed by atoms with Crippen molar-refractivity contribution in [3.63, 3.8) is 0 Å². The molecule has 0 saturated heterocycles. The summed E-state index contributed by atoms with van der Waals surface area (Å²) in [7, 11) is 0. The first kappa shape index (κ1) is 12.1. The molecule has 0 aliphatic rings. The van der Waals surface area contributed by atoms with Crippen LogP contribution in [0.25, 0.3) is 0 Å². The second-order valence-electron chi connectivity index (χ2n) is 4.91. The van der Waals surface area contributed by atoms with Crippen molar-refractivity contribution in [1.29, 1.82) is 0 Å². The molecule has 2 heterocycles. The lowest BCUT2D eigenvalue weighted by atomic mass is 9.85. The van der Waals surface area contributed by atoms with Crippen molar-refractivity contribution >= 4 is 33.9 Å². The molecule has 2 aromatic heterocycles. The van der Waals surface area contributed by atoms with Gasteiger partial charge in [-0.2, -0.15) is 0 Å². The number of rotatable bonds is 2. The molecule has 0 aliphatic carbocycles. The molecule has 0 aromatic carbocycles. The summed E-state index contributed by atoms with van der Waals surface area (Å²) < 4.78 is 3.55. The molecule has 0 fully saturated rings. The highest BCUT2D eigenvalue weighted by molar-refractivity contribution is 14.1. The smallest absolute Gasteiger partial charge is 0.0952 e. The van der Waals surface area contributed by atoms with Gasteiger partial charge in [-0.3, -0.25) is 0 Å². The summed E-state index contributed by atoms with van der Waals surface area (Å²) in [5.41, 5.74) is 0.186. The number of hydrogen-bond acceptors (Lipinski definition) is 2.